The van der Waals surface area contributed by atoms with E-state index in [1.165, 1.54) is 24.3 Å². The Bertz CT molecular complexity index is 771. The van der Waals surface area contributed by atoms with Crippen molar-refractivity contribution in [3.05, 3.63) is 58.9 Å². The van der Waals surface area contributed by atoms with Crippen molar-refractivity contribution in [2.75, 3.05) is 11.8 Å². The number of hydrogen-bond acceptors (Lipinski definition) is 3. The van der Waals surface area contributed by atoms with Crippen molar-refractivity contribution in [3.8, 4) is 5.75 Å². The van der Waals surface area contributed by atoms with Crippen molar-refractivity contribution >= 4 is 15.7 Å². The normalized spacial score (nSPS) is 11.3. The first-order valence-corrected chi connectivity index (χ1v) is 8.36. The van der Waals surface area contributed by atoms with Crippen LogP contribution in [0.1, 0.15) is 16.7 Å². The van der Waals surface area contributed by atoms with Gasteiger partial charge in [0.2, 0.25) is 10.0 Å². The maximum atomic E-state index is 12.9. The van der Waals surface area contributed by atoms with Crippen LogP contribution < -0.4 is 9.46 Å². The number of nitrogens with one attached hydrogen (secondary N) is 1. The molecule has 6 heteroatoms. The minimum Gasteiger partial charge on any atom is -0.496 e. The second kappa shape index (κ2) is 6.36. The number of aryl methyl sites for hydroxylation is 2. The summed E-state index contributed by atoms with van der Waals surface area (Å²) >= 11 is 0. The van der Waals surface area contributed by atoms with Gasteiger partial charge in [-0.2, -0.15) is 0 Å². The molecule has 0 saturated carbocycles. The number of halogens is 1. The molecule has 0 heterocycles. The Morgan fingerprint density at radius 2 is 1.73 bits per heavy atom. The molecule has 0 aliphatic rings. The van der Waals surface area contributed by atoms with Crippen LogP contribution in [-0.4, -0.2) is 15.5 Å². The van der Waals surface area contributed by atoms with Gasteiger partial charge in [0.25, 0.3) is 0 Å². The molecule has 0 unspecified atom stereocenters. The molecule has 1 N–H and O–H groups in total. The zero-order valence-corrected chi connectivity index (χ0v) is 13.5. The SMILES string of the molecule is COc1cc(C)c(NS(=O)(=O)Cc2ccc(F)cc2)cc1C. The standard InChI is InChI=1S/C16H18FNO3S/c1-11-9-16(21-3)12(2)8-15(11)18-22(19,20)10-13-4-6-14(17)7-5-13/h4-9,18H,10H2,1-3H3. The molecule has 0 aromatic heterocycles. The molecular weight excluding hydrogens is 305 g/mol. The number of rotatable bonds is 5. The first kappa shape index (κ1) is 16.3. The number of ether oxygens (including phenoxy) is 1. The van der Waals surface area contributed by atoms with Crippen LogP contribution in [0.15, 0.2) is 36.4 Å². The van der Waals surface area contributed by atoms with E-state index in [0.717, 1.165) is 11.1 Å². The van der Waals surface area contributed by atoms with Crippen molar-refractivity contribution in [1.82, 2.24) is 0 Å². The number of hydrogen-bond donors (Lipinski definition) is 1. The van der Waals surface area contributed by atoms with E-state index in [0.29, 0.717) is 17.0 Å². The van der Waals surface area contributed by atoms with Crippen LogP contribution in [0.25, 0.3) is 0 Å². The van der Waals surface area contributed by atoms with Crippen LogP contribution in [0, 0.1) is 19.7 Å². The minimum absolute atomic E-state index is 0.211. The molecule has 2 aromatic rings. The summed E-state index contributed by atoms with van der Waals surface area (Å²) in [6, 6.07) is 8.92. The molecule has 0 aliphatic heterocycles. The fraction of sp³-hybridized carbons (Fsp3) is 0.250. The molecule has 0 amide bonds. The van der Waals surface area contributed by atoms with Crippen LogP contribution in [0.5, 0.6) is 5.75 Å². The van der Waals surface area contributed by atoms with Crippen LogP contribution in [-0.2, 0) is 15.8 Å². The molecule has 2 rings (SSSR count). The topological polar surface area (TPSA) is 55.4 Å². The predicted molar refractivity (Wildman–Crippen MR) is 85.1 cm³/mol. The first-order chi connectivity index (χ1) is 10.3. The van der Waals surface area contributed by atoms with Crippen LogP contribution in [0.2, 0.25) is 0 Å². The maximum absolute atomic E-state index is 12.9. The summed E-state index contributed by atoms with van der Waals surface area (Å²) in [6.45, 7) is 3.65. The lowest BCUT2D eigenvalue weighted by molar-refractivity contribution is 0.411. The van der Waals surface area contributed by atoms with Crippen molar-refractivity contribution in [3.63, 3.8) is 0 Å². The summed E-state index contributed by atoms with van der Waals surface area (Å²) in [5.74, 6) is 0.104. The second-order valence-electron chi connectivity index (χ2n) is 5.12. The van der Waals surface area contributed by atoms with Gasteiger partial charge in [-0.1, -0.05) is 12.1 Å². The van der Waals surface area contributed by atoms with Gasteiger partial charge in [0, 0.05) is 0 Å². The summed E-state index contributed by atoms with van der Waals surface area (Å²) < 4.78 is 45.1. The zero-order valence-electron chi connectivity index (χ0n) is 12.7. The summed E-state index contributed by atoms with van der Waals surface area (Å²) in [7, 11) is -2.00. The highest BCUT2D eigenvalue weighted by atomic mass is 32.2. The maximum Gasteiger partial charge on any atom is 0.236 e. The number of methoxy groups -OCH3 is 1. The average Bonchev–Trinajstić information content (AvgIpc) is 2.44. The smallest absolute Gasteiger partial charge is 0.236 e. The van der Waals surface area contributed by atoms with Gasteiger partial charge in [-0.25, -0.2) is 12.8 Å². The molecule has 118 valence electrons. The van der Waals surface area contributed by atoms with E-state index < -0.39 is 15.8 Å². The predicted octanol–water partition coefficient (Wildman–Crippen LogP) is 3.39. The Morgan fingerprint density at radius 3 is 2.32 bits per heavy atom. The highest BCUT2D eigenvalue weighted by molar-refractivity contribution is 7.91. The van der Waals surface area contributed by atoms with Gasteiger partial charge in [0.1, 0.15) is 11.6 Å². The van der Waals surface area contributed by atoms with E-state index in [-0.39, 0.29) is 5.75 Å². The molecule has 0 radical (unpaired) electrons. The van der Waals surface area contributed by atoms with Crippen LogP contribution >= 0.6 is 0 Å². The van der Waals surface area contributed by atoms with E-state index in [1.54, 1.807) is 26.2 Å². The fourth-order valence-corrected chi connectivity index (χ4v) is 3.38. The molecule has 0 spiro atoms. The fourth-order valence-electron chi connectivity index (χ4n) is 2.12. The van der Waals surface area contributed by atoms with Crippen molar-refractivity contribution in [1.29, 1.82) is 0 Å². The second-order valence-corrected chi connectivity index (χ2v) is 6.85. The third-order valence-electron chi connectivity index (χ3n) is 3.28. The Labute approximate surface area is 130 Å². The lowest BCUT2D eigenvalue weighted by atomic mass is 10.1. The van der Waals surface area contributed by atoms with E-state index in [1.807, 2.05) is 6.92 Å². The first-order valence-electron chi connectivity index (χ1n) is 6.71. The van der Waals surface area contributed by atoms with Crippen molar-refractivity contribution in [2.24, 2.45) is 0 Å². The quantitative estimate of drug-likeness (QED) is 0.917. The molecule has 0 bridgehead atoms. The molecule has 0 fully saturated rings. The van der Waals surface area contributed by atoms with Gasteiger partial charge in [-0.15, -0.1) is 0 Å². The van der Waals surface area contributed by atoms with Gasteiger partial charge in [-0.05, 0) is 54.8 Å². The number of sulfonamides is 1. The summed E-state index contributed by atoms with van der Waals surface area (Å²) in [6.07, 6.45) is 0. The third-order valence-corrected chi connectivity index (χ3v) is 4.52. The molecule has 2 aromatic carbocycles. The van der Waals surface area contributed by atoms with Gasteiger partial charge in [0.05, 0.1) is 18.6 Å². The lowest BCUT2D eigenvalue weighted by Gasteiger charge is -2.13. The molecule has 0 aliphatic carbocycles. The molecular formula is C16H18FNO3S. The Morgan fingerprint density at radius 1 is 1.09 bits per heavy atom. The Hall–Kier alpha value is -2.08. The van der Waals surface area contributed by atoms with E-state index in [4.69, 9.17) is 4.74 Å². The molecule has 4 nitrogen and oxygen atoms in total. The molecule has 22 heavy (non-hydrogen) atoms. The third kappa shape index (κ3) is 3.98. The number of anilines is 1. The minimum atomic E-state index is -3.57. The van der Waals surface area contributed by atoms with Crippen molar-refractivity contribution < 1.29 is 17.5 Å². The Balaban J connectivity index is 2.21. The summed E-state index contributed by atoms with van der Waals surface area (Å²) in [4.78, 5) is 0. The highest BCUT2D eigenvalue weighted by Gasteiger charge is 2.14. The average molecular weight is 323 g/mol. The molecule has 0 saturated heterocycles. The Kier molecular flexibility index (Phi) is 4.71. The summed E-state index contributed by atoms with van der Waals surface area (Å²) in [5, 5.41) is 0. The van der Waals surface area contributed by atoms with Crippen LogP contribution in [0.3, 0.4) is 0 Å². The number of benzene rings is 2. The van der Waals surface area contributed by atoms with Gasteiger partial charge >= 0.3 is 0 Å². The monoisotopic (exact) mass is 323 g/mol. The van der Waals surface area contributed by atoms with Crippen LogP contribution in [0.4, 0.5) is 10.1 Å². The van der Waals surface area contributed by atoms with Gasteiger partial charge < -0.3 is 4.74 Å². The molecule has 0 atom stereocenters. The zero-order chi connectivity index (χ0) is 16.3. The van der Waals surface area contributed by atoms with Gasteiger partial charge in [-0.3, -0.25) is 4.72 Å². The largest absolute Gasteiger partial charge is 0.496 e. The summed E-state index contributed by atoms with van der Waals surface area (Å²) in [5.41, 5.74) is 2.65. The van der Waals surface area contributed by atoms with Gasteiger partial charge in [0.15, 0.2) is 0 Å². The van der Waals surface area contributed by atoms with E-state index >= 15 is 0 Å². The highest BCUT2D eigenvalue weighted by Crippen LogP contribution is 2.27. The lowest BCUT2D eigenvalue weighted by Crippen LogP contribution is -2.16. The van der Waals surface area contributed by atoms with E-state index in [9.17, 15) is 12.8 Å². The van der Waals surface area contributed by atoms with E-state index in [2.05, 4.69) is 4.72 Å². The van der Waals surface area contributed by atoms with Crippen molar-refractivity contribution in [2.45, 2.75) is 19.6 Å².